The van der Waals surface area contributed by atoms with Crippen LogP contribution in [0.5, 0.6) is 0 Å². The fourth-order valence-electron chi connectivity index (χ4n) is 0. The third-order valence-electron chi connectivity index (χ3n) is 0. The van der Waals surface area contributed by atoms with Gasteiger partial charge in [-0.25, -0.2) is 0 Å². The van der Waals surface area contributed by atoms with Gasteiger partial charge in [0.25, 0.3) is 0 Å². The Hall–Kier alpha value is -0.0905. The van der Waals surface area contributed by atoms with Crippen molar-refractivity contribution in [1.29, 1.82) is 0 Å². The van der Waals surface area contributed by atoms with Gasteiger partial charge in [0.2, 0.25) is 0 Å². The van der Waals surface area contributed by atoms with Gasteiger partial charge < -0.3 is 20.9 Å². The zero-order valence-corrected chi connectivity index (χ0v) is 4.56. The molecule has 1 radical (unpaired) electrons. The van der Waals surface area contributed by atoms with Gasteiger partial charge in [-0.15, -0.1) is 0 Å². The van der Waals surface area contributed by atoms with Crippen LogP contribution < -0.4 is 5.11 Å². The Kier molecular flexibility index (Phi) is 68.5. The summed E-state index contributed by atoms with van der Waals surface area (Å²) in [4.78, 5) is 8.89. The molecule has 0 saturated heterocycles. The third kappa shape index (κ3) is 11000. The molecule has 0 rings (SSSR count). The largest absolute Gasteiger partial charge is 2.00 e. The van der Waals surface area contributed by atoms with Crippen molar-refractivity contribution in [2.45, 2.75) is 6.92 Å². The Balaban J connectivity index is -0.0000000150. The molecule has 0 atom stereocenters. The molecule has 0 unspecified atom stereocenters. The van der Waals surface area contributed by atoms with E-state index in [1.165, 1.54) is 0 Å². The first-order valence-electron chi connectivity index (χ1n) is 0.908. The summed E-state index contributed by atoms with van der Waals surface area (Å²) in [6.07, 6.45) is 0. The van der Waals surface area contributed by atoms with E-state index in [-0.39, 0.29) is 28.0 Å². The molecule has 0 bridgehead atoms. The molecule has 0 aliphatic heterocycles. The van der Waals surface area contributed by atoms with Crippen LogP contribution in [0.15, 0.2) is 0 Å². The maximum absolute atomic E-state index is 8.89. The number of hydrogen-bond acceptors (Lipinski definition) is 2. The van der Waals surface area contributed by atoms with E-state index in [0.29, 0.717) is 0 Å². The summed E-state index contributed by atoms with van der Waals surface area (Å²) in [6.45, 7) is 0.972. The molecule has 0 aromatic rings. The van der Waals surface area contributed by atoms with E-state index in [2.05, 4.69) is 0 Å². The van der Waals surface area contributed by atoms with Crippen molar-refractivity contribution < 1.29 is 37.9 Å². The first-order valence-corrected chi connectivity index (χ1v) is 0.908. The van der Waals surface area contributed by atoms with E-state index in [1.807, 2.05) is 0 Å². The van der Waals surface area contributed by atoms with Gasteiger partial charge in [0.1, 0.15) is 0 Å². The van der Waals surface area contributed by atoms with Crippen molar-refractivity contribution in [3.8, 4) is 0 Å². The molecule has 0 spiro atoms. The van der Waals surface area contributed by atoms with E-state index in [0.717, 1.165) is 6.92 Å². The van der Waals surface area contributed by atoms with Crippen LogP contribution in [0.1, 0.15) is 6.92 Å². The van der Waals surface area contributed by atoms with Gasteiger partial charge in [-0.1, -0.05) is 0 Å². The SMILES string of the molecule is CC(=O)[O-].O.O.[Cu+2]. The molecule has 0 fully saturated rings. The molecule has 7 heavy (non-hydrogen) atoms. The molecule has 0 aromatic carbocycles. The summed E-state index contributed by atoms with van der Waals surface area (Å²) in [5, 5.41) is 8.89. The minimum atomic E-state index is -1.08. The van der Waals surface area contributed by atoms with Crippen molar-refractivity contribution >= 4 is 5.97 Å². The fraction of sp³-hybridized carbons (Fsp3) is 0.500. The van der Waals surface area contributed by atoms with Crippen LogP contribution in [0, 0.1) is 0 Å². The van der Waals surface area contributed by atoms with Crippen LogP contribution in [0.3, 0.4) is 0 Å². The van der Waals surface area contributed by atoms with E-state index < -0.39 is 5.97 Å². The fourth-order valence-corrected chi connectivity index (χ4v) is 0. The normalized spacial score (nSPS) is 3.57. The average Bonchev–Trinajstić information content (AvgIpc) is 0.811. The topological polar surface area (TPSA) is 103 Å². The molecule has 0 heterocycles. The minimum absolute atomic E-state index is 0. The van der Waals surface area contributed by atoms with Gasteiger partial charge >= 0.3 is 17.1 Å². The van der Waals surface area contributed by atoms with Crippen LogP contribution in [0.25, 0.3) is 0 Å². The zero-order valence-electron chi connectivity index (χ0n) is 3.62. The minimum Gasteiger partial charge on any atom is -0.550 e. The van der Waals surface area contributed by atoms with Crippen molar-refractivity contribution in [3.05, 3.63) is 0 Å². The number of hydrogen-bond donors (Lipinski definition) is 0. The molecular formula is C2H7CuO4+. The van der Waals surface area contributed by atoms with Gasteiger partial charge in [0, 0.05) is 5.97 Å². The molecule has 0 amide bonds. The van der Waals surface area contributed by atoms with Crippen LogP contribution in [0.4, 0.5) is 0 Å². The Morgan fingerprint density at radius 1 is 1.43 bits per heavy atom. The number of carbonyl (C=O) groups is 1. The number of carboxylic acids is 1. The monoisotopic (exact) mass is 158 g/mol. The number of rotatable bonds is 0. The summed E-state index contributed by atoms with van der Waals surface area (Å²) in [6, 6.07) is 0. The predicted molar refractivity (Wildman–Crippen MR) is 17.9 cm³/mol. The summed E-state index contributed by atoms with van der Waals surface area (Å²) in [7, 11) is 0. The van der Waals surface area contributed by atoms with Gasteiger partial charge in [0.15, 0.2) is 0 Å². The molecule has 49 valence electrons. The molecule has 5 heteroatoms. The average molecular weight is 159 g/mol. The molecule has 0 saturated carbocycles. The summed E-state index contributed by atoms with van der Waals surface area (Å²) in [5.41, 5.74) is 0. The second-order valence-corrected chi connectivity index (χ2v) is 0.492. The Morgan fingerprint density at radius 3 is 1.43 bits per heavy atom. The maximum atomic E-state index is 8.89. The molecular weight excluding hydrogens is 152 g/mol. The second kappa shape index (κ2) is 16.8. The first-order chi connectivity index (χ1) is 1.73. The Morgan fingerprint density at radius 2 is 1.43 bits per heavy atom. The Labute approximate surface area is 51.6 Å². The second-order valence-electron chi connectivity index (χ2n) is 0.492. The van der Waals surface area contributed by atoms with E-state index >= 15 is 0 Å². The van der Waals surface area contributed by atoms with Gasteiger partial charge in [-0.05, 0) is 6.92 Å². The smallest absolute Gasteiger partial charge is 0.550 e. The number of carboxylic acid groups (broad SMARTS) is 1. The van der Waals surface area contributed by atoms with Gasteiger partial charge in [0.05, 0.1) is 0 Å². The summed E-state index contributed by atoms with van der Waals surface area (Å²) < 4.78 is 0. The summed E-state index contributed by atoms with van der Waals surface area (Å²) >= 11 is 0. The van der Waals surface area contributed by atoms with Crippen molar-refractivity contribution in [1.82, 2.24) is 0 Å². The van der Waals surface area contributed by atoms with Crippen molar-refractivity contribution in [3.63, 3.8) is 0 Å². The quantitative estimate of drug-likeness (QED) is 0.353. The molecule has 0 aliphatic rings. The molecule has 4 nitrogen and oxygen atoms in total. The maximum Gasteiger partial charge on any atom is 2.00 e. The zero-order chi connectivity index (χ0) is 3.58. The van der Waals surface area contributed by atoms with E-state index in [9.17, 15) is 0 Å². The molecule has 0 aromatic heterocycles. The standard InChI is InChI=1S/C2H4O2.Cu.2H2O/c1-2(3)4;;;/h1H3,(H,3,4);;2*1H2/q;+2;;/p-1. The van der Waals surface area contributed by atoms with Crippen LogP contribution >= 0.6 is 0 Å². The first kappa shape index (κ1) is 28.5. The van der Waals surface area contributed by atoms with Crippen molar-refractivity contribution in [2.75, 3.05) is 0 Å². The summed E-state index contributed by atoms with van der Waals surface area (Å²) in [5.74, 6) is -1.08. The van der Waals surface area contributed by atoms with Gasteiger partial charge in [-0.3, -0.25) is 0 Å². The molecule has 4 N–H and O–H groups in total. The van der Waals surface area contributed by atoms with Crippen LogP contribution in [0.2, 0.25) is 0 Å². The van der Waals surface area contributed by atoms with Crippen molar-refractivity contribution in [2.24, 2.45) is 0 Å². The molecule has 0 aliphatic carbocycles. The number of aliphatic carboxylic acids is 1. The Bertz CT molecular complexity index is 32.7. The predicted octanol–water partition coefficient (Wildman–Crippen LogP) is -2.90. The van der Waals surface area contributed by atoms with Crippen LogP contribution in [-0.4, -0.2) is 16.9 Å². The van der Waals surface area contributed by atoms with Gasteiger partial charge in [-0.2, -0.15) is 0 Å². The number of carbonyl (C=O) groups excluding carboxylic acids is 1. The third-order valence-corrected chi connectivity index (χ3v) is 0. The van der Waals surface area contributed by atoms with Crippen LogP contribution in [-0.2, 0) is 21.9 Å². The van der Waals surface area contributed by atoms with E-state index in [4.69, 9.17) is 9.90 Å². The van der Waals surface area contributed by atoms with E-state index in [1.54, 1.807) is 0 Å².